The van der Waals surface area contributed by atoms with Gasteiger partial charge in [0, 0.05) is 12.0 Å². The predicted octanol–water partition coefficient (Wildman–Crippen LogP) is 3.44. The van der Waals surface area contributed by atoms with E-state index in [-0.39, 0.29) is 12.0 Å². The molecule has 0 unspecified atom stereocenters. The summed E-state index contributed by atoms with van der Waals surface area (Å²) in [4.78, 5) is 11.8. The van der Waals surface area contributed by atoms with E-state index in [0.29, 0.717) is 0 Å². The Kier molecular flexibility index (Phi) is 5.97. The molecule has 4 heteroatoms. The molecular weight excluding hydrogens is 266 g/mol. The number of amides is 1. The molecule has 0 spiro atoms. The first kappa shape index (κ1) is 17.2. The highest BCUT2D eigenvalue weighted by Crippen LogP contribution is 2.25. The first-order chi connectivity index (χ1) is 9.74. The van der Waals surface area contributed by atoms with Crippen LogP contribution in [0.5, 0.6) is 0 Å². The SMILES string of the molecule is C=C[C@H]([C@H](C)NC(=O)OC(C)(C)C)[C@H](O)c1ccccc1. The highest BCUT2D eigenvalue weighted by atomic mass is 16.6. The highest BCUT2D eigenvalue weighted by Gasteiger charge is 2.26. The van der Waals surface area contributed by atoms with Gasteiger partial charge in [-0.1, -0.05) is 36.4 Å². The van der Waals surface area contributed by atoms with Crippen molar-refractivity contribution in [3.63, 3.8) is 0 Å². The number of ether oxygens (including phenoxy) is 1. The van der Waals surface area contributed by atoms with Crippen LogP contribution in [0.4, 0.5) is 4.79 Å². The van der Waals surface area contributed by atoms with Crippen LogP contribution in [-0.4, -0.2) is 22.8 Å². The molecule has 116 valence electrons. The zero-order valence-corrected chi connectivity index (χ0v) is 13.2. The summed E-state index contributed by atoms with van der Waals surface area (Å²) in [6, 6.07) is 9.02. The largest absolute Gasteiger partial charge is 0.444 e. The normalized spacial score (nSPS) is 15.7. The van der Waals surface area contributed by atoms with Crippen LogP contribution in [0.15, 0.2) is 43.0 Å². The molecule has 0 saturated carbocycles. The van der Waals surface area contributed by atoms with Gasteiger partial charge in [0.1, 0.15) is 5.60 Å². The van der Waals surface area contributed by atoms with Gasteiger partial charge in [-0.15, -0.1) is 6.58 Å². The third-order valence-corrected chi connectivity index (χ3v) is 3.10. The number of hydrogen-bond acceptors (Lipinski definition) is 3. The molecule has 0 fully saturated rings. The van der Waals surface area contributed by atoms with E-state index in [9.17, 15) is 9.90 Å². The van der Waals surface area contributed by atoms with Gasteiger partial charge in [-0.3, -0.25) is 0 Å². The topological polar surface area (TPSA) is 58.6 Å². The summed E-state index contributed by atoms with van der Waals surface area (Å²) in [5, 5.41) is 13.2. The van der Waals surface area contributed by atoms with Gasteiger partial charge in [-0.2, -0.15) is 0 Å². The van der Waals surface area contributed by atoms with Crippen molar-refractivity contribution in [2.45, 2.75) is 45.4 Å². The van der Waals surface area contributed by atoms with Gasteiger partial charge < -0.3 is 15.2 Å². The number of carbonyl (C=O) groups is 1. The standard InChI is InChI=1S/C17H25NO3/c1-6-14(15(19)13-10-8-7-9-11-13)12(2)18-16(20)21-17(3,4)5/h6-12,14-15,19H,1H2,2-5H3,(H,18,20)/t12-,14+,15+/m0/s1. The molecule has 1 amide bonds. The Hall–Kier alpha value is -1.81. The van der Waals surface area contributed by atoms with Crippen LogP contribution in [-0.2, 0) is 4.74 Å². The molecule has 0 aromatic heterocycles. The lowest BCUT2D eigenvalue weighted by molar-refractivity contribution is 0.0456. The summed E-state index contributed by atoms with van der Waals surface area (Å²) in [5.41, 5.74) is 0.242. The molecular formula is C17H25NO3. The fourth-order valence-corrected chi connectivity index (χ4v) is 2.07. The minimum Gasteiger partial charge on any atom is -0.444 e. The summed E-state index contributed by atoms with van der Waals surface area (Å²) >= 11 is 0. The Morgan fingerprint density at radius 3 is 2.38 bits per heavy atom. The average molecular weight is 291 g/mol. The van der Waals surface area contributed by atoms with E-state index in [2.05, 4.69) is 11.9 Å². The maximum absolute atomic E-state index is 11.8. The lowest BCUT2D eigenvalue weighted by Gasteiger charge is -2.28. The van der Waals surface area contributed by atoms with Crippen LogP contribution < -0.4 is 5.32 Å². The monoisotopic (exact) mass is 291 g/mol. The number of alkyl carbamates (subject to hydrolysis) is 1. The second-order valence-electron chi connectivity index (χ2n) is 6.10. The van der Waals surface area contributed by atoms with Crippen LogP contribution in [0.2, 0.25) is 0 Å². The van der Waals surface area contributed by atoms with E-state index < -0.39 is 17.8 Å². The Bertz CT molecular complexity index is 465. The maximum Gasteiger partial charge on any atom is 0.407 e. The lowest BCUT2D eigenvalue weighted by atomic mass is 9.90. The Morgan fingerprint density at radius 2 is 1.90 bits per heavy atom. The van der Waals surface area contributed by atoms with Gasteiger partial charge in [-0.05, 0) is 33.3 Å². The number of aliphatic hydroxyl groups excluding tert-OH is 1. The first-order valence-electron chi connectivity index (χ1n) is 7.09. The van der Waals surface area contributed by atoms with E-state index in [1.165, 1.54) is 0 Å². The number of nitrogens with one attached hydrogen (secondary N) is 1. The summed E-state index contributed by atoms with van der Waals surface area (Å²) in [7, 11) is 0. The van der Waals surface area contributed by atoms with Gasteiger partial charge in [0.25, 0.3) is 0 Å². The van der Waals surface area contributed by atoms with Crippen molar-refractivity contribution in [2.24, 2.45) is 5.92 Å². The van der Waals surface area contributed by atoms with Crippen LogP contribution >= 0.6 is 0 Å². The fraction of sp³-hybridized carbons (Fsp3) is 0.471. The fourth-order valence-electron chi connectivity index (χ4n) is 2.07. The van der Waals surface area contributed by atoms with E-state index >= 15 is 0 Å². The quantitative estimate of drug-likeness (QED) is 0.817. The van der Waals surface area contributed by atoms with Crippen molar-refractivity contribution in [2.75, 3.05) is 0 Å². The Balaban J connectivity index is 2.71. The molecule has 0 saturated heterocycles. The lowest BCUT2D eigenvalue weighted by Crippen LogP contribution is -2.42. The molecule has 0 aliphatic carbocycles. The molecule has 1 aromatic carbocycles. The number of hydrogen-bond donors (Lipinski definition) is 2. The molecule has 0 heterocycles. The first-order valence-corrected chi connectivity index (χ1v) is 7.09. The molecule has 1 aromatic rings. The van der Waals surface area contributed by atoms with Crippen molar-refractivity contribution in [3.05, 3.63) is 48.6 Å². The van der Waals surface area contributed by atoms with Gasteiger partial charge >= 0.3 is 6.09 Å². The number of aliphatic hydroxyl groups is 1. The van der Waals surface area contributed by atoms with Crippen molar-refractivity contribution < 1.29 is 14.6 Å². The van der Waals surface area contributed by atoms with Crippen molar-refractivity contribution in [3.8, 4) is 0 Å². The second kappa shape index (κ2) is 7.27. The molecule has 2 N–H and O–H groups in total. The Morgan fingerprint density at radius 1 is 1.33 bits per heavy atom. The molecule has 3 atom stereocenters. The van der Waals surface area contributed by atoms with Crippen molar-refractivity contribution >= 4 is 6.09 Å². The van der Waals surface area contributed by atoms with Gasteiger partial charge in [0.2, 0.25) is 0 Å². The minimum absolute atomic E-state index is 0.299. The third kappa shape index (κ3) is 5.60. The van der Waals surface area contributed by atoms with Gasteiger partial charge in [0.05, 0.1) is 6.10 Å². The molecule has 0 radical (unpaired) electrons. The number of carbonyl (C=O) groups excluding carboxylic acids is 1. The zero-order valence-electron chi connectivity index (χ0n) is 13.2. The average Bonchev–Trinajstić information content (AvgIpc) is 2.38. The zero-order chi connectivity index (χ0) is 16.0. The molecule has 1 rings (SSSR count). The van der Waals surface area contributed by atoms with Crippen molar-refractivity contribution in [1.82, 2.24) is 5.32 Å². The van der Waals surface area contributed by atoms with Crippen LogP contribution in [0.3, 0.4) is 0 Å². The minimum atomic E-state index is -0.728. The third-order valence-electron chi connectivity index (χ3n) is 3.10. The van der Waals surface area contributed by atoms with Gasteiger partial charge in [0.15, 0.2) is 0 Å². The molecule has 0 aliphatic heterocycles. The predicted molar refractivity (Wildman–Crippen MR) is 83.9 cm³/mol. The Labute approximate surface area is 126 Å². The molecule has 4 nitrogen and oxygen atoms in total. The summed E-state index contributed by atoms with van der Waals surface area (Å²) in [6.45, 7) is 11.0. The van der Waals surface area contributed by atoms with E-state index in [4.69, 9.17) is 4.74 Å². The summed E-state index contributed by atoms with van der Waals surface area (Å²) in [5.74, 6) is -0.306. The van der Waals surface area contributed by atoms with Crippen molar-refractivity contribution in [1.29, 1.82) is 0 Å². The highest BCUT2D eigenvalue weighted by molar-refractivity contribution is 5.68. The van der Waals surface area contributed by atoms with Crippen LogP contribution in [0.25, 0.3) is 0 Å². The number of benzene rings is 1. The summed E-state index contributed by atoms with van der Waals surface area (Å²) < 4.78 is 5.22. The molecule has 0 aliphatic rings. The van der Waals surface area contributed by atoms with E-state index in [0.717, 1.165) is 5.56 Å². The maximum atomic E-state index is 11.8. The van der Waals surface area contributed by atoms with Crippen LogP contribution in [0.1, 0.15) is 39.4 Å². The second-order valence-corrected chi connectivity index (χ2v) is 6.10. The smallest absolute Gasteiger partial charge is 0.407 e. The number of rotatable bonds is 5. The summed E-state index contributed by atoms with van der Waals surface area (Å²) in [6.07, 6.45) is 0.426. The van der Waals surface area contributed by atoms with Gasteiger partial charge in [-0.25, -0.2) is 4.79 Å². The molecule has 0 bridgehead atoms. The van der Waals surface area contributed by atoms with Crippen LogP contribution in [0, 0.1) is 5.92 Å². The molecule has 21 heavy (non-hydrogen) atoms. The van der Waals surface area contributed by atoms with E-state index in [1.54, 1.807) is 26.8 Å². The van der Waals surface area contributed by atoms with E-state index in [1.807, 2.05) is 37.3 Å².